The Labute approximate surface area is 129 Å². The average molecular weight is 304 g/mol. The summed E-state index contributed by atoms with van der Waals surface area (Å²) in [6, 6.07) is -0.634. The van der Waals surface area contributed by atoms with Crippen LogP contribution in [0.3, 0.4) is 0 Å². The summed E-state index contributed by atoms with van der Waals surface area (Å²) in [6.07, 6.45) is 7.84. The number of hydrogen-bond acceptors (Lipinski definition) is 5. The van der Waals surface area contributed by atoms with Crippen LogP contribution in [0.25, 0.3) is 0 Å². The van der Waals surface area contributed by atoms with Gasteiger partial charge in [-0.15, -0.1) is 0 Å². The van der Waals surface area contributed by atoms with Crippen LogP contribution in [-0.4, -0.2) is 57.5 Å². The van der Waals surface area contributed by atoms with E-state index in [0.717, 1.165) is 38.2 Å². The van der Waals surface area contributed by atoms with E-state index in [1.165, 1.54) is 0 Å². The Hall–Kier alpha value is -2.18. The normalized spacial score (nSPS) is 22.8. The quantitative estimate of drug-likeness (QED) is 0.887. The second kappa shape index (κ2) is 6.29. The van der Waals surface area contributed by atoms with E-state index in [-0.39, 0.29) is 11.8 Å². The highest BCUT2D eigenvalue weighted by Crippen LogP contribution is 2.26. The lowest BCUT2D eigenvalue weighted by molar-refractivity contribution is -0.150. The Balaban J connectivity index is 1.59. The summed E-state index contributed by atoms with van der Waals surface area (Å²) in [7, 11) is 0. The Morgan fingerprint density at radius 3 is 2.55 bits per heavy atom. The molecule has 118 valence electrons. The number of carbonyl (C=O) groups is 2. The second-order valence-electron chi connectivity index (χ2n) is 5.85. The van der Waals surface area contributed by atoms with Crippen molar-refractivity contribution < 1.29 is 14.7 Å². The number of piperidine rings is 1. The standard InChI is InChI=1S/C15H20N4O3/c20-14(19-7-1-2-12(19)15(21)22)11-3-8-18(9-4-11)13-10-16-5-6-17-13/h5-6,10-12H,1-4,7-9H2,(H,21,22)/t12-/m0/s1. The lowest BCUT2D eigenvalue weighted by Gasteiger charge is -2.34. The van der Waals surface area contributed by atoms with Gasteiger partial charge in [0.25, 0.3) is 0 Å². The number of likely N-dealkylation sites (tertiary alicyclic amines) is 1. The third-order valence-corrected chi connectivity index (χ3v) is 4.54. The van der Waals surface area contributed by atoms with E-state index < -0.39 is 12.0 Å². The average Bonchev–Trinajstić information content (AvgIpc) is 3.05. The van der Waals surface area contributed by atoms with Crippen molar-refractivity contribution in [1.29, 1.82) is 0 Å². The first-order valence-corrected chi connectivity index (χ1v) is 7.71. The minimum absolute atomic E-state index is 0.00342. The van der Waals surface area contributed by atoms with E-state index in [2.05, 4.69) is 14.9 Å². The first-order chi connectivity index (χ1) is 10.7. The summed E-state index contributed by atoms with van der Waals surface area (Å²) in [4.78, 5) is 35.8. The first-order valence-electron chi connectivity index (χ1n) is 7.71. The summed E-state index contributed by atoms with van der Waals surface area (Å²) < 4.78 is 0. The summed E-state index contributed by atoms with van der Waals surface area (Å²) in [5.41, 5.74) is 0. The van der Waals surface area contributed by atoms with Crippen LogP contribution in [0.1, 0.15) is 25.7 Å². The minimum Gasteiger partial charge on any atom is -0.480 e. The van der Waals surface area contributed by atoms with E-state index in [9.17, 15) is 14.7 Å². The fraction of sp³-hybridized carbons (Fsp3) is 0.600. The molecule has 1 N–H and O–H groups in total. The molecule has 7 nitrogen and oxygen atoms in total. The Morgan fingerprint density at radius 2 is 1.91 bits per heavy atom. The van der Waals surface area contributed by atoms with E-state index in [1.807, 2.05) is 0 Å². The maximum atomic E-state index is 12.6. The van der Waals surface area contributed by atoms with Crippen LogP contribution in [-0.2, 0) is 9.59 Å². The lowest BCUT2D eigenvalue weighted by atomic mass is 9.95. The third kappa shape index (κ3) is 2.88. The van der Waals surface area contributed by atoms with Gasteiger partial charge in [-0.05, 0) is 25.7 Å². The fourth-order valence-corrected chi connectivity index (χ4v) is 3.33. The maximum absolute atomic E-state index is 12.6. The molecule has 0 radical (unpaired) electrons. The molecule has 1 atom stereocenters. The van der Waals surface area contributed by atoms with Crippen LogP contribution in [0.4, 0.5) is 5.82 Å². The van der Waals surface area contributed by atoms with Crippen molar-refractivity contribution in [1.82, 2.24) is 14.9 Å². The van der Waals surface area contributed by atoms with Gasteiger partial charge in [0.15, 0.2) is 0 Å². The molecule has 2 fully saturated rings. The van der Waals surface area contributed by atoms with Gasteiger partial charge in [-0.25, -0.2) is 9.78 Å². The number of anilines is 1. The van der Waals surface area contributed by atoms with Crippen LogP contribution in [0.5, 0.6) is 0 Å². The number of carboxylic acid groups (broad SMARTS) is 1. The SMILES string of the molecule is O=C(O)[C@@H]1CCCN1C(=O)C1CCN(c2cnccn2)CC1. The zero-order valence-corrected chi connectivity index (χ0v) is 12.4. The first kappa shape index (κ1) is 14.7. The van der Waals surface area contributed by atoms with Crippen molar-refractivity contribution in [3.63, 3.8) is 0 Å². The summed E-state index contributed by atoms with van der Waals surface area (Å²) >= 11 is 0. The molecule has 0 spiro atoms. The predicted octanol–water partition coefficient (Wildman–Crippen LogP) is 0.769. The van der Waals surface area contributed by atoms with E-state index in [1.54, 1.807) is 23.5 Å². The number of nitrogens with zero attached hydrogens (tertiary/aromatic N) is 4. The minimum atomic E-state index is -0.886. The molecule has 1 aromatic rings. The smallest absolute Gasteiger partial charge is 0.326 e. The van der Waals surface area contributed by atoms with Gasteiger partial charge < -0.3 is 14.9 Å². The van der Waals surface area contributed by atoms with Gasteiger partial charge in [-0.3, -0.25) is 9.78 Å². The molecule has 0 bridgehead atoms. The number of aliphatic carboxylic acids is 1. The predicted molar refractivity (Wildman–Crippen MR) is 79.3 cm³/mol. The molecule has 0 aromatic carbocycles. The molecule has 1 aromatic heterocycles. The Kier molecular flexibility index (Phi) is 4.22. The zero-order chi connectivity index (χ0) is 15.5. The van der Waals surface area contributed by atoms with Crippen LogP contribution in [0.15, 0.2) is 18.6 Å². The molecular weight excluding hydrogens is 284 g/mol. The largest absolute Gasteiger partial charge is 0.480 e. The summed E-state index contributed by atoms with van der Waals surface area (Å²) in [6.45, 7) is 2.07. The molecule has 0 saturated carbocycles. The van der Waals surface area contributed by atoms with Crippen LogP contribution in [0.2, 0.25) is 0 Å². The fourth-order valence-electron chi connectivity index (χ4n) is 3.33. The molecule has 2 aliphatic heterocycles. The van der Waals surface area contributed by atoms with Crippen LogP contribution >= 0.6 is 0 Å². The van der Waals surface area contributed by atoms with Gasteiger partial charge in [0.2, 0.25) is 5.91 Å². The highest BCUT2D eigenvalue weighted by atomic mass is 16.4. The highest BCUT2D eigenvalue weighted by molar-refractivity contribution is 5.85. The molecule has 3 rings (SSSR count). The molecule has 22 heavy (non-hydrogen) atoms. The van der Waals surface area contributed by atoms with Gasteiger partial charge in [0.1, 0.15) is 11.9 Å². The molecule has 0 aliphatic carbocycles. The Bertz CT molecular complexity index is 543. The topological polar surface area (TPSA) is 86.6 Å². The second-order valence-corrected chi connectivity index (χ2v) is 5.85. The molecule has 2 saturated heterocycles. The Morgan fingerprint density at radius 1 is 1.14 bits per heavy atom. The molecule has 0 unspecified atom stereocenters. The molecule has 3 heterocycles. The van der Waals surface area contributed by atoms with Crippen LogP contribution in [0, 0.1) is 5.92 Å². The third-order valence-electron chi connectivity index (χ3n) is 4.54. The van der Waals surface area contributed by atoms with Crippen molar-refractivity contribution in [2.24, 2.45) is 5.92 Å². The zero-order valence-electron chi connectivity index (χ0n) is 12.4. The molecule has 2 aliphatic rings. The van der Waals surface area contributed by atoms with Crippen molar-refractivity contribution in [2.75, 3.05) is 24.5 Å². The number of amides is 1. The number of aromatic nitrogens is 2. The number of hydrogen-bond donors (Lipinski definition) is 1. The van der Waals surface area contributed by atoms with Crippen molar-refractivity contribution in [3.05, 3.63) is 18.6 Å². The summed E-state index contributed by atoms with van der Waals surface area (Å²) in [5, 5.41) is 9.20. The van der Waals surface area contributed by atoms with Gasteiger partial charge in [0.05, 0.1) is 6.20 Å². The van der Waals surface area contributed by atoms with Gasteiger partial charge >= 0.3 is 5.97 Å². The molecule has 7 heteroatoms. The lowest BCUT2D eigenvalue weighted by Crippen LogP contribution is -2.46. The van der Waals surface area contributed by atoms with E-state index in [0.29, 0.717) is 13.0 Å². The monoisotopic (exact) mass is 304 g/mol. The number of carbonyl (C=O) groups excluding carboxylic acids is 1. The maximum Gasteiger partial charge on any atom is 0.326 e. The highest BCUT2D eigenvalue weighted by Gasteiger charge is 2.38. The molecular formula is C15H20N4O3. The molecule has 1 amide bonds. The summed E-state index contributed by atoms with van der Waals surface area (Å²) in [5.74, 6) is -0.127. The van der Waals surface area contributed by atoms with Gasteiger partial charge in [0, 0.05) is 37.9 Å². The van der Waals surface area contributed by atoms with Crippen molar-refractivity contribution >= 4 is 17.7 Å². The van der Waals surface area contributed by atoms with Crippen molar-refractivity contribution in [3.8, 4) is 0 Å². The van der Waals surface area contributed by atoms with Gasteiger partial charge in [-0.1, -0.05) is 0 Å². The van der Waals surface area contributed by atoms with E-state index >= 15 is 0 Å². The number of carboxylic acids is 1. The van der Waals surface area contributed by atoms with Crippen LogP contribution < -0.4 is 4.90 Å². The van der Waals surface area contributed by atoms with Crippen molar-refractivity contribution in [2.45, 2.75) is 31.7 Å². The van der Waals surface area contributed by atoms with E-state index in [4.69, 9.17) is 0 Å². The number of rotatable bonds is 3. The van der Waals surface area contributed by atoms with Gasteiger partial charge in [-0.2, -0.15) is 0 Å².